The van der Waals surface area contributed by atoms with Gasteiger partial charge in [0.05, 0.1) is 7.18 Å². The summed E-state index contributed by atoms with van der Waals surface area (Å²) in [6, 6.07) is 21.5. The molecule has 0 aromatic heterocycles. The van der Waals surface area contributed by atoms with Crippen molar-refractivity contribution in [2.45, 2.75) is 23.6 Å². The molecule has 0 spiro atoms. The Balaban J connectivity index is 0.00000216. The third-order valence-corrected chi connectivity index (χ3v) is 6.74. The van der Waals surface area contributed by atoms with E-state index in [1.165, 1.54) is 48.5 Å². The van der Waals surface area contributed by atoms with E-state index < -0.39 is 41.1 Å². The minimum atomic E-state index is -5.57. The van der Waals surface area contributed by atoms with E-state index in [4.69, 9.17) is 4.74 Å². The number of ether oxygens (including phenoxy) is 3. The first kappa shape index (κ1) is 32.1. The molecule has 0 aliphatic heterocycles. The summed E-state index contributed by atoms with van der Waals surface area (Å²) in [5.41, 5.74) is 3.16. The molecule has 3 nitrogen and oxygen atoms in total. The first-order valence-corrected chi connectivity index (χ1v) is 12.8. The van der Waals surface area contributed by atoms with Crippen LogP contribution in [0.4, 0.5) is 35.1 Å². The van der Waals surface area contributed by atoms with E-state index in [-0.39, 0.29) is 5.75 Å². The van der Waals surface area contributed by atoms with Crippen LogP contribution in [0, 0.1) is 0 Å². The van der Waals surface area contributed by atoms with Crippen molar-refractivity contribution in [2.75, 3.05) is 7.18 Å². The van der Waals surface area contributed by atoms with Gasteiger partial charge in [-0.05, 0) is 70.8 Å². The molecule has 0 amide bonds. The van der Waals surface area contributed by atoms with Crippen LogP contribution >= 0.6 is 0 Å². The minimum Gasteiger partial charge on any atom is -0.447 e. The Morgan fingerprint density at radius 3 is 1.14 bits per heavy atom. The second-order valence-corrected chi connectivity index (χ2v) is 9.40. The molecule has 0 heterocycles. The first-order chi connectivity index (χ1) is 20.8. The van der Waals surface area contributed by atoms with Crippen molar-refractivity contribution in [3.8, 4) is 39.5 Å². The van der Waals surface area contributed by atoms with Crippen molar-refractivity contribution in [1.29, 1.82) is 0 Å². The minimum absolute atomic E-state index is 0.162. The third kappa shape index (κ3) is 5.38. The number of hydrogen-bond acceptors (Lipinski definition) is 3. The van der Waals surface area contributed by atoms with Crippen LogP contribution in [0.3, 0.4) is 0 Å². The first-order valence-electron chi connectivity index (χ1n) is 12.8. The summed E-state index contributed by atoms with van der Waals surface area (Å²) in [6.45, 7) is 6.64. The highest BCUT2D eigenvalue weighted by Gasteiger charge is 3.03. The van der Waals surface area contributed by atoms with Crippen LogP contribution in [0.25, 0.3) is 28.3 Å². The van der Waals surface area contributed by atoms with Gasteiger partial charge in [-0.15, -0.1) is 0 Å². The van der Waals surface area contributed by atoms with Gasteiger partial charge in [-0.25, -0.2) is 0 Å². The molecule has 0 saturated heterocycles. The van der Waals surface area contributed by atoms with E-state index in [0.717, 1.165) is 29.8 Å². The van der Waals surface area contributed by atoms with E-state index in [1.807, 2.05) is 0 Å². The average Bonchev–Trinajstić information content (AvgIpc) is 3.02. The second-order valence-electron chi connectivity index (χ2n) is 9.40. The molecule has 4 aromatic rings. The fourth-order valence-corrected chi connectivity index (χ4v) is 4.42. The molecule has 230 valence electrons. The molecule has 0 N–H and O–H groups in total. The fourth-order valence-electron chi connectivity index (χ4n) is 4.42. The summed E-state index contributed by atoms with van der Waals surface area (Å²) >= 11 is 0. The van der Waals surface area contributed by atoms with Gasteiger partial charge < -0.3 is 14.2 Å². The van der Waals surface area contributed by atoms with Gasteiger partial charge in [0.25, 0.3) is 6.01 Å². The molecule has 0 radical (unpaired) electrons. The molecule has 44 heavy (non-hydrogen) atoms. The number of hydrogen-bond donors (Lipinski definition) is 0. The standard InChI is InChI=1S/C32H21F7O3.CH3F/c1-3-21-4-6-22(7-5-21)24-10-16-27(17-11-24)41-31(38)29(34,35)30(36,37)32(31,39)42-28-18-12-25(13-19-28)23-8-14-26(15-9-23)40-20(2)33;1-2/h3-19H,1-2H2;1H3. The van der Waals surface area contributed by atoms with E-state index in [0.29, 0.717) is 29.4 Å². The zero-order valence-electron chi connectivity index (χ0n) is 23.0. The lowest BCUT2D eigenvalue weighted by atomic mass is 9.76. The highest BCUT2D eigenvalue weighted by atomic mass is 19.3. The van der Waals surface area contributed by atoms with Crippen LogP contribution in [0.1, 0.15) is 5.56 Å². The molecule has 1 saturated carbocycles. The quantitative estimate of drug-likeness (QED) is 0.138. The Labute approximate surface area is 247 Å². The van der Waals surface area contributed by atoms with Gasteiger partial charge in [-0.3, -0.25) is 4.39 Å². The summed E-state index contributed by atoms with van der Waals surface area (Å²) in [5, 5.41) is 0. The highest BCUT2D eigenvalue weighted by Crippen LogP contribution is 2.68. The molecule has 0 bridgehead atoms. The Morgan fingerprint density at radius 2 is 0.841 bits per heavy atom. The van der Waals surface area contributed by atoms with Gasteiger partial charge in [0, 0.05) is 0 Å². The van der Waals surface area contributed by atoms with Gasteiger partial charge >= 0.3 is 23.6 Å². The van der Waals surface area contributed by atoms with Crippen LogP contribution in [0.15, 0.2) is 116 Å². The molecule has 2 atom stereocenters. The Morgan fingerprint density at radius 1 is 0.545 bits per heavy atom. The number of benzene rings is 4. The van der Waals surface area contributed by atoms with Crippen LogP contribution < -0.4 is 14.2 Å². The summed E-state index contributed by atoms with van der Waals surface area (Å²) in [7, 11) is 0.500. The lowest BCUT2D eigenvalue weighted by molar-refractivity contribution is -0.527. The van der Waals surface area contributed by atoms with Crippen molar-refractivity contribution in [3.63, 3.8) is 0 Å². The molecular formula is C33H24F8O3. The predicted molar refractivity (Wildman–Crippen MR) is 151 cm³/mol. The maximum Gasteiger partial charge on any atom is 0.395 e. The Bertz CT molecular complexity index is 1610. The van der Waals surface area contributed by atoms with Crippen LogP contribution in [0.2, 0.25) is 0 Å². The van der Waals surface area contributed by atoms with E-state index >= 15 is 8.78 Å². The third-order valence-electron chi connectivity index (χ3n) is 6.74. The summed E-state index contributed by atoms with van der Waals surface area (Å²) in [5.74, 6) is -22.0. The predicted octanol–water partition coefficient (Wildman–Crippen LogP) is 10.1. The Hall–Kier alpha value is -4.80. The van der Waals surface area contributed by atoms with Gasteiger partial charge in [0.15, 0.2) is 0 Å². The second kappa shape index (κ2) is 12.1. The fraction of sp³-hybridized carbons (Fsp3) is 0.152. The molecule has 11 heteroatoms. The molecule has 2 unspecified atom stereocenters. The van der Waals surface area contributed by atoms with Crippen molar-refractivity contribution >= 4 is 6.08 Å². The molecule has 5 rings (SSSR count). The van der Waals surface area contributed by atoms with E-state index in [2.05, 4.69) is 22.6 Å². The van der Waals surface area contributed by atoms with Crippen LogP contribution in [0.5, 0.6) is 17.2 Å². The number of alkyl halides is 7. The highest BCUT2D eigenvalue weighted by molar-refractivity contribution is 5.66. The zero-order valence-corrected chi connectivity index (χ0v) is 23.0. The van der Waals surface area contributed by atoms with Crippen molar-refractivity contribution < 1.29 is 49.3 Å². The molecule has 1 aliphatic carbocycles. The lowest BCUT2D eigenvalue weighted by Gasteiger charge is -2.55. The van der Waals surface area contributed by atoms with Crippen LogP contribution in [-0.4, -0.2) is 30.7 Å². The number of halogens is 8. The molecular weight excluding hydrogens is 596 g/mol. The van der Waals surface area contributed by atoms with Crippen molar-refractivity contribution in [2.24, 2.45) is 0 Å². The molecule has 1 fully saturated rings. The largest absolute Gasteiger partial charge is 0.447 e. The van der Waals surface area contributed by atoms with Gasteiger partial charge in [0.1, 0.15) is 17.2 Å². The van der Waals surface area contributed by atoms with Gasteiger partial charge in [0.2, 0.25) is 0 Å². The van der Waals surface area contributed by atoms with Crippen LogP contribution in [-0.2, 0) is 0 Å². The van der Waals surface area contributed by atoms with E-state index in [9.17, 15) is 26.3 Å². The summed E-state index contributed by atoms with van der Waals surface area (Å²) < 4.78 is 125. The van der Waals surface area contributed by atoms with Crippen molar-refractivity contribution in [3.05, 3.63) is 122 Å². The maximum atomic E-state index is 15.6. The monoisotopic (exact) mass is 620 g/mol. The maximum absolute atomic E-state index is 15.6. The SMILES string of the molecule is C=Cc1ccc(-c2ccc(OC3(F)C(F)(F)C(F)(F)C3(F)Oc3ccc(-c4ccc(OC(=C)F)cc4)cc3)cc2)cc1.CF. The average molecular weight is 621 g/mol. The Kier molecular flexibility index (Phi) is 8.81. The van der Waals surface area contributed by atoms with Gasteiger partial charge in [-0.2, -0.15) is 30.7 Å². The topological polar surface area (TPSA) is 27.7 Å². The smallest absolute Gasteiger partial charge is 0.395 e. The summed E-state index contributed by atoms with van der Waals surface area (Å²) in [6.07, 6.45) is 1.64. The van der Waals surface area contributed by atoms with Crippen molar-refractivity contribution in [1.82, 2.24) is 0 Å². The number of rotatable bonds is 9. The molecule has 1 aliphatic rings. The van der Waals surface area contributed by atoms with Gasteiger partial charge in [-0.1, -0.05) is 73.3 Å². The molecule has 4 aromatic carbocycles. The zero-order chi connectivity index (χ0) is 32.3. The normalized spacial score (nSPS) is 21.1. The van der Waals surface area contributed by atoms with E-state index in [1.54, 1.807) is 30.3 Å². The lowest BCUT2D eigenvalue weighted by Crippen LogP contribution is -2.89. The summed E-state index contributed by atoms with van der Waals surface area (Å²) in [4.78, 5) is 0.